The Morgan fingerprint density at radius 2 is 1.63 bits per heavy atom. The maximum Gasteiger partial charge on any atom is 0.255 e. The standard InChI is InChI=1S/C21H27N5O/c1-24-12-14-26(15-13-24)20-16-17(8-9-22-20)21(27)23-18-4-6-19(7-5-18)25-10-2-3-11-25/h4-9,16H,2-3,10-15H2,1H3,(H,23,27). The largest absolute Gasteiger partial charge is 0.372 e. The summed E-state index contributed by atoms with van der Waals surface area (Å²) in [6.45, 7) is 6.15. The molecule has 0 spiro atoms. The lowest BCUT2D eigenvalue weighted by atomic mass is 10.2. The Balaban J connectivity index is 1.41. The van der Waals surface area contributed by atoms with Crippen molar-refractivity contribution in [1.29, 1.82) is 0 Å². The molecule has 0 saturated carbocycles. The van der Waals surface area contributed by atoms with Gasteiger partial charge in [0.05, 0.1) is 0 Å². The number of carbonyl (C=O) groups is 1. The van der Waals surface area contributed by atoms with Crippen LogP contribution in [0.2, 0.25) is 0 Å². The number of rotatable bonds is 4. The molecule has 2 aliphatic heterocycles. The maximum atomic E-state index is 12.7. The van der Waals surface area contributed by atoms with Crippen LogP contribution in [-0.4, -0.2) is 62.1 Å². The SMILES string of the molecule is CN1CCN(c2cc(C(=O)Nc3ccc(N4CCCC4)cc3)ccn2)CC1. The van der Waals surface area contributed by atoms with Gasteiger partial charge in [-0.25, -0.2) is 4.98 Å². The molecule has 2 aromatic rings. The summed E-state index contributed by atoms with van der Waals surface area (Å²) < 4.78 is 0. The van der Waals surface area contributed by atoms with Crippen molar-refractivity contribution in [2.45, 2.75) is 12.8 Å². The number of anilines is 3. The monoisotopic (exact) mass is 365 g/mol. The number of nitrogens with one attached hydrogen (secondary N) is 1. The predicted octanol–water partition coefficient (Wildman–Crippen LogP) is 2.69. The van der Waals surface area contributed by atoms with Crippen LogP contribution in [0.25, 0.3) is 0 Å². The van der Waals surface area contributed by atoms with E-state index in [1.54, 1.807) is 12.3 Å². The molecule has 4 rings (SSSR count). The highest BCUT2D eigenvalue weighted by molar-refractivity contribution is 6.04. The van der Waals surface area contributed by atoms with E-state index >= 15 is 0 Å². The molecular weight excluding hydrogens is 338 g/mol. The van der Waals surface area contributed by atoms with Crippen LogP contribution in [0.1, 0.15) is 23.2 Å². The molecule has 1 aromatic carbocycles. The van der Waals surface area contributed by atoms with Crippen molar-refractivity contribution in [2.75, 3.05) is 61.4 Å². The maximum absolute atomic E-state index is 12.7. The average molecular weight is 365 g/mol. The Morgan fingerprint density at radius 3 is 2.33 bits per heavy atom. The molecule has 2 fully saturated rings. The minimum Gasteiger partial charge on any atom is -0.372 e. The molecule has 1 aromatic heterocycles. The highest BCUT2D eigenvalue weighted by atomic mass is 16.1. The van der Waals surface area contributed by atoms with E-state index in [-0.39, 0.29) is 5.91 Å². The number of amides is 1. The van der Waals surface area contributed by atoms with Gasteiger partial charge < -0.3 is 20.0 Å². The van der Waals surface area contributed by atoms with Crippen molar-refractivity contribution in [2.24, 2.45) is 0 Å². The van der Waals surface area contributed by atoms with E-state index in [4.69, 9.17) is 0 Å². The van der Waals surface area contributed by atoms with E-state index < -0.39 is 0 Å². The zero-order chi connectivity index (χ0) is 18.6. The molecule has 3 heterocycles. The van der Waals surface area contributed by atoms with Crippen LogP contribution < -0.4 is 15.1 Å². The van der Waals surface area contributed by atoms with Crippen LogP contribution in [0.15, 0.2) is 42.6 Å². The molecule has 2 aliphatic rings. The lowest BCUT2D eigenvalue weighted by Gasteiger charge is -2.33. The summed E-state index contributed by atoms with van der Waals surface area (Å²) >= 11 is 0. The number of aromatic nitrogens is 1. The number of likely N-dealkylation sites (N-methyl/N-ethyl adjacent to an activating group) is 1. The zero-order valence-electron chi connectivity index (χ0n) is 15.9. The first-order chi connectivity index (χ1) is 13.2. The van der Waals surface area contributed by atoms with Crippen LogP contribution in [0.3, 0.4) is 0 Å². The smallest absolute Gasteiger partial charge is 0.255 e. The Bertz CT molecular complexity index is 777. The highest BCUT2D eigenvalue weighted by Crippen LogP contribution is 2.22. The zero-order valence-corrected chi connectivity index (χ0v) is 15.9. The first-order valence-corrected chi connectivity index (χ1v) is 9.75. The van der Waals surface area contributed by atoms with Crippen LogP contribution >= 0.6 is 0 Å². The fraction of sp³-hybridized carbons (Fsp3) is 0.429. The minimum absolute atomic E-state index is 0.0956. The second-order valence-electron chi connectivity index (χ2n) is 7.39. The molecule has 0 aliphatic carbocycles. The molecule has 142 valence electrons. The van der Waals surface area contributed by atoms with Gasteiger partial charge in [0.1, 0.15) is 5.82 Å². The number of piperazine rings is 1. The lowest BCUT2D eigenvalue weighted by molar-refractivity contribution is 0.102. The van der Waals surface area contributed by atoms with Crippen molar-refractivity contribution in [3.63, 3.8) is 0 Å². The van der Waals surface area contributed by atoms with Gasteiger partial charge in [0.25, 0.3) is 5.91 Å². The van der Waals surface area contributed by atoms with Crippen LogP contribution in [0.5, 0.6) is 0 Å². The number of carbonyl (C=O) groups excluding carboxylic acids is 1. The van der Waals surface area contributed by atoms with E-state index in [0.717, 1.165) is 50.8 Å². The summed E-state index contributed by atoms with van der Waals surface area (Å²) in [4.78, 5) is 24.0. The molecule has 0 bridgehead atoms. The van der Waals surface area contributed by atoms with Crippen molar-refractivity contribution in [3.8, 4) is 0 Å². The molecule has 0 radical (unpaired) electrons. The molecular formula is C21H27N5O. The molecule has 0 unspecified atom stereocenters. The first-order valence-electron chi connectivity index (χ1n) is 9.75. The third kappa shape index (κ3) is 4.22. The first kappa shape index (κ1) is 17.8. The fourth-order valence-electron chi connectivity index (χ4n) is 3.70. The van der Waals surface area contributed by atoms with Gasteiger partial charge in [0.15, 0.2) is 0 Å². The van der Waals surface area contributed by atoms with Crippen molar-refractivity contribution in [1.82, 2.24) is 9.88 Å². The van der Waals surface area contributed by atoms with Crippen LogP contribution in [-0.2, 0) is 0 Å². The quantitative estimate of drug-likeness (QED) is 0.903. The molecule has 2 saturated heterocycles. The van der Waals surface area contributed by atoms with E-state index in [0.29, 0.717) is 5.56 Å². The summed E-state index contributed by atoms with van der Waals surface area (Å²) in [6.07, 6.45) is 4.24. The van der Waals surface area contributed by atoms with E-state index in [2.05, 4.69) is 44.2 Å². The number of pyridine rings is 1. The topological polar surface area (TPSA) is 51.7 Å². The third-order valence-corrected chi connectivity index (χ3v) is 5.43. The second-order valence-corrected chi connectivity index (χ2v) is 7.39. The molecule has 6 heteroatoms. The van der Waals surface area contributed by atoms with Crippen LogP contribution in [0.4, 0.5) is 17.2 Å². The van der Waals surface area contributed by atoms with Crippen molar-refractivity contribution in [3.05, 3.63) is 48.2 Å². The Morgan fingerprint density at radius 1 is 0.926 bits per heavy atom. The van der Waals surface area contributed by atoms with E-state index in [1.807, 2.05) is 18.2 Å². The molecule has 6 nitrogen and oxygen atoms in total. The molecule has 1 amide bonds. The number of nitrogens with zero attached hydrogens (tertiary/aromatic N) is 4. The van der Waals surface area contributed by atoms with E-state index in [9.17, 15) is 4.79 Å². The van der Waals surface area contributed by atoms with Gasteiger partial charge in [-0.05, 0) is 56.3 Å². The summed E-state index contributed by atoms with van der Waals surface area (Å²) in [5, 5.41) is 3.00. The highest BCUT2D eigenvalue weighted by Gasteiger charge is 2.17. The lowest BCUT2D eigenvalue weighted by Crippen LogP contribution is -2.44. The van der Waals surface area contributed by atoms with Crippen LogP contribution in [0, 0.1) is 0 Å². The minimum atomic E-state index is -0.0956. The average Bonchev–Trinajstić information content (AvgIpc) is 3.24. The summed E-state index contributed by atoms with van der Waals surface area (Å²) in [5.41, 5.74) is 2.69. The molecule has 27 heavy (non-hydrogen) atoms. The summed E-state index contributed by atoms with van der Waals surface area (Å²) in [6, 6.07) is 11.8. The second kappa shape index (κ2) is 7.96. The van der Waals surface area contributed by atoms with Gasteiger partial charge in [-0.15, -0.1) is 0 Å². The predicted molar refractivity (Wildman–Crippen MR) is 110 cm³/mol. The van der Waals surface area contributed by atoms with Gasteiger partial charge in [-0.1, -0.05) is 0 Å². The van der Waals surface area contributed by atoms with Gasteiger partial charge in [0.2, 0.25) is 0 Å². The van der Waals surface area contributed by atoms with Gasteiger partial charge in [-0.3, -0.25) is 4.79 Å². The Labute approximate surface area is 160 Å². The normalized spacial score (nSPS) is 18.0. The summed E-state index contributed by atoms with van der Waals surface area (Å²) in [5.74, 6) is 0.779. The Kier molecular flexibility index (Phi) is 5.25. The molecule has 1 N–H and O–H groups in total. The molecule has 0 atom stereocenters. The number of hydrogen-bond acceptors (Lipinski definition) is 5. The Hall–Kier alpha value is -2.60. The van der Waals surface area contributed by atoms with E-state index in [1.165, 1.54) is 18.5 Å². The number of hydrogen-bond donors (Lipinski definition) is 1. The third-order valence-electron chi connectivity index (χ3n) is 5.43. The van der Waals surface area contributed by atoms with Crippen molar-refractivity contribution >= 4 is 23.1 Å². The fourth-order valence-corrected chi connectivity index (χ4v) is 3.70. The van der Waals surface area contributed by atoms with Gasteiger partial charge in [-0.2, -0.15) is 0 Å². The number of benzene rings is 1. The van der Waals surface area contributed by atoms with Gasteiger partial charge in [0, 0.05) is 62.4 Å². The summed E-state index contributed by atoms with van der Waals surface area (Å²) in [7, 11) is 2.13. The van der Waals surface area contributed by atoms with Crippen molar-refractivity contribution < 1.29 is 4.79 Å². The van der Waals surface area contributed by atoms with Gasteiger partial charge >= 0.3 is 0 Å².